The maximum atomic E-state index is 11.9. The van der Waals surface area contributed by atoms with E-state index in [4.69, 9.17) is 4.74 Å². The molecule has 0 radical (unpaired) electrons. The third-order valence-corrected chi connectivity index (χ3v) is 3.66. The highest BCUT2D eigenvalue weighted by atomic mass is 16.5. The molecular weight excluding hydrogens is 232 g/mol. The summed E-state index contributed by atoms with van der Waals surface area (Å²) in [4.78, 5) is 13.8. The Labute approximate surface area is 106 Å². The maximum absolute atomic E-state index is 11.9. The number of nitrogens with zero attached hydrogens (tertiary/aromatic N) is 4. The Morgan fingerprint density at radius 2 is 2.33 bits per heavy atom. The number of aromatic nitrogens is 3. The molecule has 2 fully saturated rings. The van der Waals surface area contributed by atoms with Crippen molar-refractivity contribution in [2.24, 2.45) is 13.0 Å². The molecule has 98 valence electrons. The van der Waals surface area contributed by atoms with Gasteiger partial charge in [-0.2, -0.15) is 0 Å². The zero-order valence-corrected chi connectivity index (χ0v) is 10.6. The van der Waals surface area contributed by atoms with Crippen LogP contribution < -0.4 is 0 Å². The number of carbonyl (C=O) groups excluding carboxylic acids is 1. The van der Waals surface area contributed by atoms with Gasteiger partial charge in [0.1, 0.15) is 0 Å². The van der Waals surface area contributed by atoms with Gasteiger partial charge < -0.3 is 9.64 Å². The van der Waals surface area contributed by atoms with Crippen LogP contribution in [-0.2, 0) is 23.2 Å². The molecule has 0 aromatic carbocycles. The lowest BCUT2D eigenvalue weighted by Gasteiger charge is -2.16. The summed E-state index contributed by atoms with van der Waals surface area (Å²) in [5.41, 5.74) is 0.960. The number of likely N-dealkylation sites (tertiary alicyclic amines) is 1. The molecule has 1 unspecified atom stereocenters. The van der Waals surface area contributed by atoms with E-state index in [1.807, 2.05) is 11.9 Å². The second-order valence-electron chi connectivity index (χ2n) is 5.13. The third kappa shape index (κ3) is 2.38. The molecule has 1 atom stereocenters. The summed E-state index contributed by atoms with van der Waals surface area (Å²) < 4.78 is 7.52. The van der Waals surface area contributed by atoms with Crippen molar-refractivity contribution in [2.45, 2.75) is 32.0 Å². The first-order chi connectivity index (χ1) is 8.74. The summed E-state index contributed by atoms with van der Waals surface area (Å²) >= 11 is 0. The van der Waals surface area contributed by atoms with E-state index >= 15 is 0 Å². The van der Waals surface area contributed by atoms with Crippen LogP contribution in [0.25, 0.3) is 0 Å². The van der Waals surface area contributed by atoms with Crippen LogP contribution >= 0.6 is 0 Å². The van der Waals surface area contributed by atoms with Crippen LogP contribution in [-0.4, -0.2) is 45.0 Å². The van der Waals surface area contributed by atoms with Gasteiger partial charge in [-0.25, -0.2) is 0 Å². The summed E-state index contributed by atoms with van der Waals surface area (Å²) in [5.74, 6) is 0.633. The Balaban J connectivity index is 1.47. The monoisotopic (exact) mass is 250 g/mol. The zero-order chi connectivity index (χ0) is 12.5. The largest absolute Gasteiger partial charge is 0.370 e. The van der Waals surface area contributed by atoms with Crippen LogP contribution in [0.2, 0.25) is 0 Å². The van der Waals surface area contributed by atoms with Crippen LogP contribution in [0.4, 0.5) is 0 Å². The number of rotatable bonds is 4. The van der Waals surface area contributed by atoms with E-state index in [1.165, 1.54) is 0 Å². The topological polar surface area (TPSA) is 60.2 Å². The third-order valence-electron chi connectivity index (χ3n) is 3.66. The van der Waals surface area contributed by atoms with Gasteiger partial charge in [0.05, 0.1) is 24.6 Å². The minimum absolute atomic E-state index is 0.155. The summed E-state index contributed by atoms with van der Waals surface area (Å²) in [7, 11) is 1.85. The molecule has 0 spiro atoms. The number of hydrogen-bond donors (Lipinski definition) is 0. The van der Waals surface area contributed by atoms with Crippen molar-refractivity contribution in [1.29, 1.82) is 0 Å². The summed E-state index contributed by atoms with van der Waals surface area (Å²) in [6.07, 6.45) is 4.94. The first-order valence-electron chi connectivity index (χ1n) is 6.48. The molecule has 1 saturated carbocycles. The predicted octanol–water partition coefficient (Wildman–Crippen LogP) is 0.343. The second kappa shape index (κ2) is 4.68. The highest BCUT2D eigenvalue weighted by molar-refractivity contribution is 5.81. The van der Waals surface area contributed by atoms with Crippen LogP contribution in [0, 0.1) is 5.92 Å². The first-order valence-corrected chi connectivity index (χ1v) is 6.48. The lowest BCUT2D eigenvalue weighted by molar-refractivity contribution is -0.132. The lowest BCUT2D eigenvalue weighted by Crippen LogP contribution is -2.31. The Morgan fingerprint density at radius 3 is 3.00 bits per heavy atom. The van der Waals surface area contributed by atoms with Gasteiger partial charge in [0.2, 0.25) is 5.91 Å². The molecule has 3 rings (SSSR count). The molecular formula is C12H18N4O2. The van der Waals surface area contributed by atoms with Gasteiger partial charge in [-0.3, -0.25) is 9.48 Å². The molecule has 1 saturated heterocycles. The van der Waals surface area contributed by atoms with Gasteiger partial charge in [-0.05, 0) is 19.3 Å². The standard InChI is InChI=1S/C12H18N4O2/c1-15-10(6-13-14-15)8-18-11-4-5-16(7-11)12(17)9-2-3-9/h6,9,11H,2-5,7-8H2,1H3. The van der Waals surface area contributed by atoms with Crippen molar-refractivity contribution < 1.29 is 9.53 Å². The normalized spacial score (nSPS) is 23.6. The molecule has 0 bridgehead atoms. The van der Waals surface area contributed by atoms with E-state index in [-0.39, 0.29) is 6.10 Å². The maximum Gasteiger partial charge on any atom is 0.225 e. The SMILES string of the molecule is Cn1nncc1COC1CCN(C(=O)C2CC2)C1. The molecule has 1 aromatic rings. The fourth-order valence-corrected chi connectivity index (χ4v) is 2.30. The van der Waals surface area contributed by atoms with E-state index in [9.17, 15) is 4.79 Å². The van der Waals surface area contributed by atoms with Crippen molar-refractivity contribution in [1.82, 2.24) is 19.9 Å². The highest BCUT2D eigenvalue weighted by Crippen LogP contribution is 2.32. The van der Waals surface area contributed by atoms with Gasteiger partial charge in [-0.15, -0.1) is 5.10 Å². The summed E-state index contributed by atoms with van der Waals surface area (Å²) in [5, 5.41) is 7.67. The fraction of sp³-hybridized carbons (Fsp3) is 0.750. The number of ether oxygens (including phenoxy) is 1. The lowest BCUT2D eigenvalue weighted by atomic mass is 10.3. The Bertz CT molecular complexity index is 441. The summed E-state index contributed by atoms with van der Waals surface area (Å²) in [6, 6.07) is 0. The van der Waals surface area contributed by atoms with Crippen molar-refractivity contribution in [3.05, 3.63) is 11.9 Å². The minimum Gasteiger partial charge on any atom is -0.370 e. The number of carbonyl (C=O) groups is 1. The molecule has 2 heterocycles. The van der Waals surface area contributed by atoms with Crippen LogP contribution in [0.15, 0.2) is 6.20 Å². The smallest absolute Gasteiger partial charge is 0.225 e. The number of amides is 1. The van der Waals surface area contributed by atoms with Gasteiger partial charge >= 0.3 is 0 Å². The fourth-order valence-electron chi connectivity index (χ4n) is 2.30. The molecule has 1 aliphatic heterocycles. The van der Waals surface area contributed by atoms with Crippen LogP contribution in [0.3, 0.4) is 0 Å². The van der Waals surface area contributed by atoms with Crippen LogP contribution in [0.5, 0.6) is 0 Å². The average Bonchev–Trinajstić information content (AvgIpc) is 2.97. The molecule has 6 nitrogen and oxygen atoms in total. The van der Waals surface area contributed by atoms with E-state index < -0.39 is 0 Å². The highest BCUT2D eigenvalue weighted by Gasteiger charge is 2.36. The molecule has 0 N–H and O–H groups in total. The van der Waals surface area contributed by atoms with Gasteiger partial charge in [0, 0.05) is 26.1 Å². The molecule has 1 amide bonds. The van der Waals surface area contributed by atoms with E-state index in [0.29, 0.717) is 18.4 Å². The molecule has 1 aromatic heterocycles. The van der Waals surface area contributed by atoms with Crippen molar-refractivity contribution in [3.63, 3.8) is 0 Å². The Kier molecular flexibility index (Phi) is 3.03. The molecule has 2 aliphatic rings. The summed E-state index contributed by atoms with van der Waals surface area (Å²) in [6.45, 7) is 2.09. The zero-order valence-electron chi connectivity index (χ0n) is 10.6. The number of hydrogen-bond acceptors (Lipinski definition) is 4. The van der Waals surface area contributed by atoms with E-state index in [2.05, 4.69) is 10.3 Å². The minimum atomic E-state index is 0.155. The first kappa shape index (κ1) is 11.6. The van der Waals surface area contributed by atoms with E-state index in [1.54, 1.807) is 10.9 Å². The predicted molar refractivity (Wildman–Crippen MR) is 63.5 cm³/mol. The average molecular weight is 250 g/mol. The second-order valence-corrected chi connectivity index (χ2v) is 5.13. The van der Waals surface area contributed by atoms with Crippen molar-refractivity contribution in [2.75, 3.05) is 13.1 Å². The Hall–Kier alpha value is -1.43. The molecule has 6 heteroatoms. The van der Waals surface area contributed by atoms with Gasteiger partial charge in [0.25, 0.3) is 0 Å². The van der Waals surface area contributed by atoms with Crippen LogP contribution in [0.1, 0.15) is 25.0 Å². The quantitative estimate of drug-likeness (QED) is 0.773. The van der Waals surface area contributed by atoms with Gasteiger partial charge in [0.15, 0.2) is 0 Å². The molecule has 1 aliphatic carbocycles. The van der Waals surface area contributed by atoms with Crippen molar-refractivity contribution >= 4 is 5.91 Å². The Morgan fingerprint density at radius 1 is 1.50 bits per heavy atom. The number of aryl methyl sites for hydroxylation is 1. The van der Waals surface area contributed by atoms with Crippen molar-refractivity contribution in [3.8, 4) is 0 Å². The van der Waals surface area contributed by atoms with Gasteiger partial charge in [-0.1, -0.05) is 5.21 Å². The van der Waals surface area contributed by atoms with E-state index in [0.717, 1.165) is 38.0 Å². The molecule has 18 heavy (non-hydrogen) atoms.